The smallest absolute Gasteiger partial charge is 0.361 e. The molecule has 0 saturated carbocycles. The molecule has 0 aliphatic carbocycles. The molecule has 0 spiro atoms. The molecule has 0 radical (unpaired) electrons. The Balaban J connectivity index is 2.65. The quantitative estimate of drug-likeness (QED) is 0.524. The lowest BCUT2D eigenvalue weighted by molar-refractivity contribution is -0.384. The third-order valence-electron chi connectivity index (χ3n) is 2.48. The van der Waals surface area contributed by atoms with Crippen molar-refractivity contribution in [3.8, 4) is 11.3 Å². The lowest BCUT2D eigenvalue weighted by atomic mass is 10.1. The summed E-state index contributed by atoms with van der Waals surface area (Å²) in [7, 11) is 0. The first kappa shape index (κ1) is 15.2. The molecule has 2 rings (SSSR count). The van der Waals surface area contributed by atoms with Crippen LogP contribution in [0.25, 0.3) is 11.3 Å². The molecule has 0 fully saturated rings. The van der Waals surface area contributed by atoms with Crippen molar-refractivity contribution in [2.75, 3.05) is 6.61 Å². The molecule has 10 heteroatoms. The van der Waals surface area contributed by atoms with Gasteiger partial charge in [0.2, 0.25) is 0 Å². The van der Waals surface area contributed by atoms with Gasteiger partial charge in [-0.25, -0.2) is 4.79 Å². The van der Waals surface area contributed by atoms with Crippen LogP contribution in [0.5, 0.6) is 0 Å². The van der Waals surface area contributed by atoms with Crippen molar-refractivity contribution < 1.29 is 14.5 Å². The molecular weight excluding hydrogens is 323 g/mol. The zero-order chi connectivity index (χ0) is 15.6. The summed E-state index contributed by atoms with van der Waals surface area (Å²) in [5, 5.41) is 20.8. The zero-order valence-electron chi connectivity index (χ0n) is 10.6. The first-order valence-electron chi connectivity index (χ1n) is 5.67. The van der Waals surface area contributed by atoms with Crippen LogP contribution in [0, 0.1) is 10.1 Å². The predicted octanol–water partition coefficient (Wildman–Crippen LogP) is 2.86. The molecule has 1 aromatic carbocycles. The summed E-state index contributed by atoms with van der Waals surface area (Å²) in [6.45, 7) is 1.75. The number of nitrogens with zero attached hydrogens (tertiary/aromatic N) is 3. The first-order chi connectivity index (χ1) is 9.95. The number of nitro benzene ring substituents is 1. The fraction of sp³-hybridized carbons (Fsp3) is 0.182. The van der Waals surface area contributed by atoms with E-state index in [1.165, 1.54) is 12.1 Å². The molecule has 110 valence electrons. The molecule has 8 nitrogen and oxygen atoms in total. The molecule has 0 aliphatic heterocycles. The van der Waals surface area contributed by atoms with Crippen molar-refractivity contribution >= 4 is 34.9 Å². The number of nitrogens with one attached hydrogen (secondary N) is 1. The minimum atomic E-state index is -0.758. The summed E-state index contributed by atoms with van der Waals surface area (Å²) in [5.41, 5.74) is -0.669. The summed E-state index contributed by atoms with van der Waals surface area (Å²) in [6.07, 6.45) is 0. The van der Waals surface area contributed by atoms with Gasteiger partial charge in [-0.3, -0.25) is 10.1 Å². The Bertz CT molecular complexity index is 716. The number of rotatable bonds is 4. The second-order valence-corrected chi connectivity index (χ2v) is 4.63. The summed E-state index contributed by atoms with van der Waals surface area (Å²) in [5.74, 6) is -0.758. The Hall–Kier alpha value is -2.19. The molecule has 0 amide bonds. The maximum atomic E-state index is 11.8. The number of aromatic amines is 1. The maximum Gasteiger partial charge on any atom is 0.361 e. The van der Waals surface area contributed by atoms with E-state index in [9.17, 15) is 14.9 Å². The van der Waals surface area contributed by atoms with Gasteiger partial charge in [-0.1, -0.05) is 23.2 Å². The first-order valence-corrected chi connectivity index (χ1v) is 6.43. The predicted molar refractivity (Wildman–Crippen MR) is 74.4 cm³/mol. The number of hydrogen-bond acceptors (Lipinski definition) is 6. The van der Waals surface area contributed by atoms with Crippen molar-refractivity contribution in [2.45, 2.75) is 6.92 Å². The average Bonchev–Trinajstić information content (AvgIpc) is 2.86. The van der Waals surface area contributed by atoms with Crippen LogP contribution in [-0.4, -0.2) is 32.9 Å². The van der Waals surface area contributed by atoms with Gasteiger partial charge in [0.25, 0.3) is 5.69 Å². The van der Waals surface area contributed by atoms with E-state index >= 15 is 0 Å². The van der Waals surface area contributed by atoms with Gasteiger partial charge in [0, 0.05) is 5.02 Å². The van der Waals surface area contributed by atoms with E-state index in [-0.39, 0.29) is 33.6 Å². The summed E-state index contributed by atoms with van der Waals surface area (Å²) >= 11 is 11.7. The van der Waals surface area contributed by atoms with Gasteiger partial charge in [-0.15, -0.1) is 5.10 Å². The molecular formula is C11H8Cl2N4O4. The molecule has 0 atom stereocenters. The van der Waals surface area contributed by atoms with E-state index in [1.54, 1.807) is 6.92 Å². The highest BCUT2D eigenvalue weighted by atomic mass is 35.5. The number of H-pyrrole nitrogens is 1. The van der Waals surface area contributed by atoms with Crippen molar-refractivity contribution in [3.05, 3.63) is 38.0 Å². The molecule has 0 unspecified atom stereocenters. The molecule has 0 saturated heterocycles. The van der Waals surface area contributed by atoms with Gasteiger partial charge < -0.3 is 4.74 Å². The highest BCUT2D eigenvalue weighted by Crippen LogP contribution is 2.38. The summed E-state index contributed by atoms with van der Waals surface area (Å²) in [6, 6.07) is 2.51. The van der Waals surface area contributed by atoms with Crippen molar-refractivity contribution in [2.24, 2.45) is 0 Å². The number of halogens is 2. The van der Waals surface area contributed by atoms with Crippen molar-refractivity contribution in [1.29, 1.82) is 0 Å². The van der Waals surface area contributed by atoms with E-state index in [4.69, 9.17) is 27.9 Å². The summed E-state index contributed by atoms with van der Waals surface area (Å²) in [4.78, 5) is 22.2. The molecule has 1 heterocycles. The lowest BCUT2D eigenvalue weighted by Gasteiger charge is -2.04. The number of nitro groups is 1. The molecule has 0 bridgehead atoms. The number of esters is 1. The number of hydrogen-bond donors (Lipinski definition) is 1. The Morgan fingerprint density at radius 1 is 1.43 bits per heavy atom. The average molecular weight is 331 g/mol. The fourth-order valence-corrected chi connectivity index (χ4v) is 2.25. The van der Waals surface area contributed by atoms with Crippen LogP contribution in [0.1, 0.15) is 17.4 Å². The van der Waals surface area contributed by atoms with Gasteiger partial charge in [-0.05, 0) is 19.1 Å². The van der Waals surface area contributed by atoms with Crippen LogP contribution in [0.15, 0.2) is 12.1 Å². The number of aromatic nitrogens is 3. The van der Waals surface area contributed by atoms with E-state index in [0.29, 0.717) is 0 Å². The van der Waals surface area contributed by atoms with E-state index in [0.717, 1.165) is 0 Å². The Morgan fingerprint density at radius 3 is 2.76 bits per heavy atom. The van der Waals surface area contributed by atoms with Gasteiger partial charge in [0.1, 0.15) is 10.7 Å². The Labute approximate surface area is 128 Å². The van der Waals surface area contributed by atoms with Crippen LogP contribution < -0.4 is 0 Å². The maximum absolute atomic E-state index is 11.8. The molecule has 21 heavy (non-hydrogen) atoms. The standard InChI is InChI=1S/C11H8Cl2N4O4/c1-2-21-11(18)9-8(14-16-15-9)6-3-5(12)4-7(13)10(6)17(19)20/h3-4H,2H2,1H3,(H,14,15,16). The van der Waals surface area contributed by atoms with E-state index < -0.39 is 16.6 Å². The van der Waals surface area contributed by atoms with Crippen molar-refractivity contribution in [1.82, 2.24) is 15.4 Å². The van der Waals surface area contributed by atoms with Crippen LogP contribution >= 0.6 is 23.2 Å². The van der Waals surface area contributed by atoms with Gasteiger partial charge in [0.15, 0.2) is 5.69 Å². The van der Waals surface area contributed by atoms with Crippen LogP contribution in [0.2, 0.25) is 10.0 Å². The number of ether oxygens (including phenoxy) is 1. The molecule has 0 aliphatic rings. The van der Waals surface area contributed by atoms with E-state index in [2.05, 4.69) is 15.4 Å². The van der Waals surface area contributed by atoms with Gasteiger partial charge >= 0.3 is 5.97 Å². The third-order valence-corrected chi connectivity index (χ3v) is 2.99. The van der Waals surface area contributed by atoms with Crippen LogP contribution in [-0.2, 0) is 4.74 Å². The van der Waals surface area contributed by atoms with E-state index in [1.807, 2.05) is 0 Å². The lowest BCUT2D eigenvalue weighted by Crippen LogP contribution is -2.07. The molecule has 1 aromatic heterocycles. The summed E-state index contributed by atoms with van der Waals surface area (Å²) < 4.78 is 4.81. The fourth-order valence-electron chi connectivity index (χ4n) is 1.69. The monoisotopic (exact) mass is 330 g/mol. The normalized spacial score (nSPS) is 10.4. The minimum Gasteiger partial charge on any atom is -0.461 e. The SMILES string of the molecule is CCOC(=O)c1n[nH]nc1-c1cc(Cl)cc(Cl)c1[N+](=O)[O-]. The number of carbonyl (C=O) groups excluding carboxylic acids is 1. The molecule has 1 N–H and O–H groups in total. The second kappa shape index (κ2) is 6.06. The highest BCUT2D eigenvalue weighted by Gasteiger charge is 2.28. The highest BCUT2D eigenvalue weighted by molar-refractivity contribution is 6.36. The Kier molecular flexibility index (Phi) is 4.39. The largest absolute Gasteiger partial charge is 0.461 e. The zero-order valence-corrected chi connectivity index (χ0v) is 12.1. The Morgan fingerprint density at radius 2 is 2.14 bits per heavy atom. The topological polar surface area (TPSA) is 111 Å². The molecule has 2 aromatic rings. The van der Waals surface area contributed by atoms with Gasteiger partial charge in [-0.2, -0.15) is 10.3 Å². The minimum absolute atomic E-state index is 0.0192. The van der Waals surface area contributed by atoms with Crippen LogP contribution in [0.3, 0.4) is 0 Å². The van der Waals surface area contributed by atoms with Gasteiger partial charge in [0.05, 0.1) is 17.1 Å². The second-order valence-electron chi connectivity index (χ2n) is 3.78. The number of carbonyl (C=O) groups is 1. The number of benzene rings is 1. The van der Waals surface area contributed by atoms with Crippen LogP contribution in [0.4, 0.5) is 5.69 Å². The van der Waals surface area contributed by atoms with Crippen molar-refractivity contribution in [3.63, 3.8) is 0 Å². The third kappa shape index (κ3) is 2.96.